The van der Waals surface area contributed by atoms with Crippen LogP contribution in [0.15, 0.2) is 24.3 Å². The highest BCUT2D eigenvalue weighted by atomic mass is 19.3. The van der Waals surface area contributed by atoms with Crippen LogP contribution < -0.4 is 10.1 Å². The second-order valence-corrected chi connectivity index (χ2v) is 7.19. The van der Waals surface area contributed by atoms with Crippen LogP contribution in [0.5, 0.6) is 5.75 Å². The number of carbonyl (C=O) groups excluding carboxylic acids is 1. The van der Waals surface area contributed by atoms with Gasteiger partial charge < -0.3 is 20.1 Å². The summed E-state index contributed by atoms with van der Waals surface area (Å²) in [6.45, 7) is 3.46. The first-order valence-corrected chi connectivity index (χ1v) is 9.47. The van der Waals surface area contributed by atoms with Crippen molar-refractivity contribution < 1.29 is 23.4 Å². The normalized spacial score (nSPS) is 22.6. The van der Waals surface area contributed by atoms with Crippen molar-refractivity contribution in [1.82, 2.24) is 15.1 Å². The Morgan fingerprint density at radius 1 is 1.22 bits per heavy atom. The second-order valence-electron chi connectivity index (χ2n) is 7.19. The zero-order valence-corrected chi connectivity index (χ0v) is 15.4. The molecule has 1 atom stereocenters. The average molecular weight is 383 g/mol. The minimum atomic E-state index is -3.26. The molecule has 2 aliphatic rings. The van der Waals surface area contributed by atoms with Crippen LogP contribution in [0.3, 0.4) is 0 Å². The summed E-state index contributed by atoms with van der Waals surface area (Å²) < 4.78 is 32.8. The maximum absolute atomic E-state index is 13.5. The predicted octanol–water partition coefficient (Wildman–Crippen LogP) is 2.07. The van der Waals surface area contributed by atoms with E-state index in [1.165, 1.54) is 12.8 Å². The summed E-state index contributed by atoms with van der Waals surface area (Å²) in [6.07, 6.45) is 0.718. The van der Waals surface area contributed by atoms with Gasteiger partial charge in [-0.2, -0.15) is 0 Å². The number of piperidine rings is 1. The molecule has 1 unspecified atom stereocenters. The van der Waals surface area contributed by atoms with E-state index in [1.54, 1.807) is 0 Å². The number of likely N-dealkylation sites (tertiary alicyclic amines) is 2. The number of aliphatic hydroxyl groups excluding tert-OH is 1. The molecule has 2 saturated heterocycles. The number of alkyl halides is 2. The number of rotatable bonds is 6. The first-order chi connectivity index (χ1) is 12.9. The SMILES string of the molecule is O=C(NCc1ccc(OCCN2CCCC2)cc1)N1CCC(O)C(F)(F)C1. The van der Waals surface area contributed by atoms with Crippen molar-refractivity contribution in [2.24, 2.45) is 0 Å². The highest BCUT2D eigenvalue weighted by Crippen LogP contribution is 2.27. The summed E-state index contributed by atoms with van der Waals surface area (Å²) in [6, 6.07) is 6.83. The van der Waals surface area contributed by atoms with Crippen molar-refractivity contribution in [3.63, 3.8) is 0 Å². The molecule has 8 heteroatoms. The average Bonchev–Trinajstić information content (AvgIpc) is 3.16. The van der Waals surface area contributed by atoms with Gasteiger partial charge in [0.1, 0.15) is 18.5 Å². The molecule has 2 heterocycles. The third-order valence-corrected chi connectivity index (χ3v) is 5.09. The summed E-state index contributed by atoms with van der Waals surface area (Å²) in [7, 11) is 0. The standard InChI is InChI=1S/C19H27F2N3O3/c20-19(21)14-24(10-7-17(19)25)18(26)22-13-15-3-5-16(6-4-15)27-12-11-23-8-1-2-9-23/h3-6,17,25H,1-2,7-14H2,(H,22,26). The first kappa shape index (κ1) is 19.8. The fraction of sp³-hybridized carbons (Fsp3) is 0.632. The molecule has 0 spiro atoms. The zero-order chi connectivity index (χ0) is 19.3. The highest BCUT2D eigenvalue weighted by molar-refractivity contribution is 5.74. The fourth-order valence-corrected chi connectivity index (χ4v) is 3.39. The number of benzene rings is 1. The van der Waals surface area contributed by atoms with Crippen LogP contribution in [0.25, 0.3) is 0 Å². The number of nitrogens with one attached hydrogen (secondary N) is 1. The minimum Gasteiger partial charge on any atom is -0.492 e. The Kier molecular flexibility index (Phi) is 6.49. The first-order valence-electron chi connectivity index (χ1n) is 9.47. The Morgan fingerprint density at radius 2 is 1.93 bits per heavy atom. The molecule has 27 heavy (non-hydrogen) atoms. The van der Waals surface area contributed by atoms with Gasteiger partial charge in [-0.3, -0.25) is 4.90 Å². The lowest BCUT2D eigenvalue weighted by Crippen LogP contribution is -2.55. The Bertz CT molecular complexity index is 621. The quantitative estimate of drug-likeness (QED) is 0.789. The van der Waals surface area contributed by atoms with E-state index >= 15 is 0 Å². The van der Waals surface area contributed by atoms with Crippen molar-refractivity contribution in [3.8, 4) is 5.75 Å². The van der Waals surface area contributed by atoms with Crippen LogP contribution in [-0.2, 0) is 6.54 Å². The van der Waals surface area contributed by atoms with Gasteiger partial charge in [-0.25, -0.2) is 13.6 Å². The molecule has 6 nitrogen and oxygen atoms in total. The molecule has 0 radical (unpaired) electrons. The van der Waals surface area contributed by atoms with E-state index in [9.17, 15) is 18.7 Å². The van der Waals surface area contributed by atoms with Crippen molar-refractivity contribution in [2.45, 2.75) is 37.8 Å². The highest BCUT2D eigenvalue weighted by Gasteiger charge is 2.44. The van der Waals surface area contributed by atoms with Gasteiger partial charge in [0.05, 0.1) is 6.54 Å². The van der Waals surface area contributed by atoms with Crippen LogP contribution in [-0.4, -0.2) is 72.3 Å². The van der Waals surface area contributed by atoms with Crippen molar-refractivity contribution >= 4 is 6.03 Å². The number of aliphatic hydroxyl groups is 1. The van der Waals surface area contributed by atoms with Gasteiger partial charge in [-0.15, -0.1) is 0 Å². The number of ether oxygens (including phenoxy) is 1. The second kappa shape index (κ2) is 8.84. The largest absolute Gasteiger partial charge is 0.492 e. The molecule has 0 bridgehead atoms. The molecule has 2 fully saturated rings. The smallest absolute Gasteiger partial charge is 0.317 e. The van der Waals surface area contributed by atoms with E-state index in [-0.39, 0.29) is 19.5 Å². The number of nitrogens with zero attached hydrogens (tertiary/aromatic N) is 2. The summed E-state index contributed by atoms with van der Waals surface area (Å²) in [4.78, 5) is 15.5. The number of halogens is 2. The van der Waals surface area contributed by atoms with Gasteiger partial charge in [-0.05, 0) is 50.0 Å². The van der Waals surface area contributed by atoms with E-state index in [1.807, 2.05) is 24.3 Å². The Morgan fingerprint density at radius 3 is 2.59 bits per heavy atom. The van der Waals surface area contributed by atoms with Gasteiger partial charge in [0.2, 0.25) is 0 Å². The van der Waals surface area contributed by atoms with Gasteiger partial charge >= 0.3 is 6.03 Å². The Balaban J connectivity index is 1.39. The minimum absolute atomic E-state index is 0.117. The third kappa shape index (κ3) is 5.52. The lowest BCUT2D eigenvalue weighted by atomic mass is 10.0. The fourth-order valence-electron chi connectivity index (χ4n) is 3.39. The van der Waals surface area contributed by atoms with Gasteiger partial charge in [0.25, 0.3) is 5.92 Å². The summed E-state index contributed by atoms with van der Waals surface area (Å²) in [5.41, 5.74) is 0.860. The molecule has 150 valence electrons. The van der Waals surface area contributed by atoms with Gasteiger partial charge in [-0.1, -0.05) is 12.1 Å². The zero-order valence-electron chi connectivity index (χ0n) is 15.4. The molecule has 3 rings (SSSR count). The lowest BCUT2D eigenvalue weighted by Gasteiger charge is -2.35. The van der Waals surface area contributed by atoms with Crippen molar-refractivity contribution in [2.75, 3.05) is 39.3 Å². The summed E-state index contributed by atoms with van der Waals surface area (Å²) in [5.74, 6) is -2.49. The number of amides is 2. The molecule has 0 saturated carbocycles. The molecule has 0 aliphatic carbocycles. The van der Waals surface area contributed by atoms with E-state index in [2.05, 4.69) is 10.2 Å². The maximum atomic E-state index is 13.5. The molecule has 0 aromatic heterocycles. The topological polar surface area (TPSA) is 65.0 Å². The Hall–Kier alpha value is -1.93. The number of carbonyl (C=O) groups is 1. The molecule has 2 amide bonds. The van der Waals surface area contributed by atoms with Crippen molar-refractivity contribution in [3.05, 3.63) is 29.8 Å². The van der Waals surface area contributed by atoms with E-state index in [0.717, 1.165) is 35.8 Å². The molecular weight excluding hydrogens is 356 g/mol. The maximum Gasteiger partial charge on any atom is 0.317 e. The number of urea groups is 1. The molecule has 1 aromatic carbocycles. The summed E-state index contributed by atoms with van der Waals surface area (Å²) in [5, 5.41) is 11.9. The van der Waals surface area contributed by atoms with Crippen LogP contribution in [0.4, 0.5) is 13.6 Å². The Labute approximate surface area is 158 Å². The number of hydrogen-bond acceptors (Lipinski definition) is 4. The van der Waals surface area contributed by atoms with Gasteiger partial charge in [0.15, 0.2) is 0 Å². The van der Waals surface area contributed by atoms with Crippen LogP contribution in [0.1, 0.15) is 24.8 Å². The predicted molar refractivity (Wildman–Crippen MR) is 97.0 cm³/mol. The summed E-state index contributed by atoms with van der Waals surface area (Å²) >= 11 is 0. The van der Waals surface area contributed by atoms with E-state index < -0.39 is 24.6 Å². The monoisotopic (exact) mass is 383 g/mol. The molecule has 2 N–H and O–H groups in total. The third-order valence-electron chi connectivity index (χ3n) is 5.09. The molecule has 2 aliphatic heterocycles. The van der Waals surface area contributed by atoms with Crippen molar-refractivity contribution in [1.29, 1.82) is 0 Å². The van der Waals surface area contributed by atoms with E-state index in [4.69, 9.17) is 4.74 Å². The molecule has 1 aromatic rings. The number of hydrogen-bond donors (Lipinski definition) is 2. The lowest BCUT2D eigenvalue weighted by molar-refractivity contribution is -0.141. The molecular formula is C19H27F2N3O3. The van der Waals surface area contributed by atoms with Crippen LogP contribution in [0, 0.1) is 0 Å². The van der Waals surface area contributed by atoms with Crippen LogP contribution >= 0.6 is 0 Å². The van der Waals surface area contributed by atoms with Crippen LogP contribution in [0.2, 0.25) is 0 Å². The van der Waals surface area contributed by atoms with Gasteiger partial charge in [0, 0.05) is 19.6 Å². The van der Waals surface area contributed by atoms with E-state index in [0.29, 0.717) is 6.61 Å².